The van der Waals surface area contributed by atoms with Crippen molar-refractivity contribution < 1.29 is 4.79 Å². The monoisotopic (exact) mass is 305 g/mol. The van der Waals surface area contributed by atoms with Gasteiger partial charge in [-0.05, 0) is 35.8 Å². The second-order valence-electron chi connectivity index (χ2n) is 6.09. The van der Waals surface area contributed by atoms with Crippen molar-refractivity contribution in [2.45, 2.75) is 40.2 Å². The van der Waals surface area contributed by atoms with Crippen molar-refractivity contribution in [2.75, 3.05) is 0 Å². The molecule has 0 bridgehead atoms. The van der Waals surface area contributed by atoms with Gasteiger partial charge in [0.15, 0.2) is 0 Å². The molecule has 1 unspecified atom stereocenters. The van der Waals surface area contributed by atoms with E-state index in [1.807, 2.05) is 17.5 Å². The standard InChI is InChI=1S/C16H23N3OS/c1-10(2)8-12-9-13(19-18-12)16(20)17-15(11(3)4)14-6-5-7-21-14/h5-7,9-11,15H,8H2,1-4H3,(H,17,20)(H,18,19). The van der Waals surface area contributed by atoms with Crippen LogP contribution in [0.4, 0.5) is 0 Å². The van der Waals surface area contributed by atoms with Gasteiger partial charge < -0.3 is 5.32 Å². The first-order valence-corrected chi connectivity index (χ1v) is 8.24. The van der Waals surface area contributed by atoms with Crippen molar-refractivity contribution in [1.29, 1.82) is 0 Å². The number of amides is 1. The number of H-pyrrole nitrogens is 1. The zero-order valence-electron chi connectivity index (χ0n) is 13.0. The Hall–Kier alpha value is -1.62. The molecule has 2 rings (SSSR count). The fourth-order valence-corrected chi connectivity index (χ4v) is 3.22. The normalized spacial score (nSPS) is 12.9. The van der Waals surface area contributed by atoms with Crippen LogP contribution in [0, 0.1) is 11.8 Å². The van der Waals surface area contributed by atoms with Crippen molar-refractivity contribution in [3.63, 3.8) is 0 Å². The Balaban J connectivity index is 2.07. The van der Waals surface area contributed by atoms with Crippen LogP contribution in [0.3, 0.4) is 0 Å². The molecule has 0 saturated carbocycles. The Morgan fingerprint density at radius 1 is 1.38 bits per heavy atom. The van der Waals surface area contributed by atoms with Gasteiger partial charge in [-0.15, -0.1) is 11.3 Å². The van der Waals surface area contributed by atoms with Crippen LogP contribution in [0.25, 0.3) is 0 Å². The molecule has 21 heavy (non-hydrogen) atoms. The SMILES string of the molecule is CC(C)Cc1cc(C(=O)NC(c2cccs2)C(C)C)n[nH]1. The summed E-state index contributed by atoms with van der Waals surface area (Å²) in [6, 6.07) is 5.95. The molecule has 5 heteroatoms. The number of aromatic amines is 1. The van der Waals surface area contributed by atoms with E-state index in [1.54, 1.807) is 11.3 Å². The third-order valence-corrected chi connectivity index (χ3v) is 4.25. The van der Waals surface area contributed by atoms with Crippen LogP contribution in [0.1, 0.15) is 54.8 Å². The van der Waals surface area contributed by atoms with Gasteiger partial charge >= 0.3 is 0 Å². The summed E-state index contributed by atoms with van der Waals surface area (Å²) in [6.45, 7) is 8.51. The molecule has 0 aliphatic rings. The molecule has 0 radical (unpaired) electrons. The number of rotatable bonds is 6. The lowest BCUT2D eigenvalue weighted by Crippen LogP contribution is -2.31. The van der Waals surface area contributed by atoms with Gasteiger partial charge in [-0.25, -0.2) is 0 Å². The van der Waals surface area contributed by atoms with Gasteiger partial charge in [0.2, 0.25) is 0 Å². The van der Waals surface area contributed by atoms with Crippen LogP contribution in [0.2, 0.25) is 0 Å². The summed E-state index contributed by atoms with van der Waals surface area (Å²) < 4.78 is 0. The molecule has 0 saturated heterocycles. The lowest BCUT2D eigenvalue weighted by Gasteiger charge is -2.20. The number of nitrogens with one attached hydrogen (secondary N) is 2. The van der Waals surface area contributed by atoms with Gasteiger partial charge in [-0.1, -0.05) is 33.8 Å². The van der Waals surface area contributed by atoms with E-state index in [0.29, 0.717) is 17.5 Å². The van der Waals surface area contributed by atoms with Crippen LogP contribution >= 0.6 is 11.3 Å². The number of hydrogen-bond acceptors (Lipinski definition) is 3. The molecular weight excluding hydrogens is 282 g/mol. The maximum absolute atomic E-state index is 12.4. The minimum atomic E-state index is -0.117. The van der Waals surface area contributed by atoms with Crippen molar-refractivity contribution in [1.82, 2.24) is 15.5 Å². The second-order valence-corrected chi connectivity index (χ2v) is 7.07. The van der Waals surface area contributed by atoms with Crippen LogP contribution in [-0.2, 0) is 6.42 Å². The molecule has 0 aliphatic carbocycles. The van der Waals surface area contributed by atoms with Crippen molar-refractivity contribution >= 4 is 17.2 Å². The molecule has 0 aromatic carbocycles. The quantitative estimate of drug-likeness (QED) is 0.853. The van der Waals surface area contributed by atoms with Crippen molar-refractivity contribution in [3.05, 3.63) is 39.8 Å². The number of carbonyl (C=O) groups excluding carboxylic acids is 1. The molecule has 2 aromatic rings. The zero-order chi connectivity index (χ0) is 15.4. The average Bonchev–Trinajstić information content (AvgIpc) is 3.05. The van der Waals surface area contributed by atoms with Gasteiger partial charge in [0, 0.05) is 10.6 Å². The number of nitrogens with zero attached hydrogens (tertiary/aromatic N) is 1. The minimum Gasteiger partial charge on any atom is -0.343 e. The highest BCUT2D eigenvalue weighted by molar-refractivity contribution is 7.10. The highest BCUT2D eigenvalue weighted by Gasteiger charge is 2.21. The predicted molar refractivity (Wildman–Crippen MR) is 86.5 cm³/mol. The maximum atomic E-state index is 12.4. The highest BCUT2D eigenvalue weighted by Crippen LogP contribution is 2.26. The van der Waals surface area contributed by atoms with Gasteiger partial charge in [-0.2, -0.15) is 5.10 Å². The number of hydrogen-bond donors (Lipinski definition) is 2. The van der Waals surface area contributed by atoms with Crippen molar-refractivity contribution in [3.8, 4) is 0 Å². The molecule has 2 heterocycles. The molecule has 1 atom stereocenters. The first-order valence-electron chi connectivity index (χ1n) is 7.36. The smallest absolute Gasteiger partial charge is 0.272 e. The van der Waals surface area contributed by atoms with E-state index < -0.39 is 0 Å². The minimum absolute atomic E-state index is 0.0303. The Morgan fingerprint density at radius 2 is 2.14 bits per heavy atom. The molecule has 1 amide bonds. The summed E-state index contributed by atoms with van der Waals surface area (Å²) in [5, 5.41) is 12.2. The number of aromatic nitrogens is 2. The third-order valence-electron chi connectivity index (χ3n) is 3.29. The third kappa shape index (κ3) is 4.17. The fourth-order valence-electron chi connectivity index (χ4n) is 2.27. The molecule has 2 aromatic heterocycles. The van der Waals surface area contributed by atoms with E-state index in [2.05, 4.69) is 49.3 Å². The second kappa shape index (κ2) is 6.89. The average molecular weight is 305 g/mol. The van der Waals surface area contributed by atoms with E-state index in [1.165, 1.54) is 4.88 Å². The largest absolute Gasteiger partial charge is 0.343 e. The van der Waals surface area contributed by atoms with Gasteiger partial charge in [0.1, 0.15) is 5.69 Å². The van der Waals surface area contributed by atoms with E-state index in [4.69, 9.17) is 0 Å². The summed E-state index contributed by atoms with van der Waals surface area (Å²) in [7, 11) is 0. The summed E-state index contributed by atoms with van der Waals surface area (Å²) in [6.07, 6.45) is 0.902. The molecule has 114 valence electrons. The van der Waals surface area contributed by atoms with Gasteiger partial charge in [-0.3, -0.25) is 9.89 Å². The molecule has 2 N–H and O–H groups in total. The highest BCUT2D eigenvalue weighted by atomic mass is 32.1. The van der Waals surface area contributed by atoms with Crippen LogP contribution in [-0.4, -0.2) is 16.1 Å². The molecule has 0 aliphatic heterocycles. The first-order chi connectivity index (χ1) is 9.97. The van der Waals surface area contributed by atoms with E-state index in [0.717, 1.165) is 12.1 Å². The Kier molecular flexibility index (Phi) is 5.17. The lowest BCUT2D eigenvalue weighted by atomic mass is 10.0. The number of carbonyl (C=O) groups is 1. The van der Waals surface area contributed by atoms with Crippen LogP contribution < -0.4 is 5.32 Å². The lowest BCUT2D eigenvalue weighted by molar-refractivity contribution is 0.0921. The van der Waals surface area contributed by atoms with Crippen molar-refractivity contribution in [2.24, 2.45) is 11.8 Å². The van der Waals surface area contributed by atoms with E-state index in [-0.39, 0.29) is 11.9 Å². The summed E-state index contributed by atoms with van der Waals surface area (Å²) in [5.74, 6) is 0.755. The molecule has 0 fully saturated rings. The zero-order valence-corrected chi connectivity index (χ0v) is 13.8. The van der Waals surface area contributed by atoms with E-state index in [9.17, 15) is 4.79 Å². The molecule has 0 spiro atoms. The Morgan fingerprint density at radius 3 is 2.71 bits per heavy atom. The van der Waals surface area contributed by atoms with Crippen LogP contribution in [0.15, 0.2) is 23.6 Å². The Labute approximate surface area is 130 Å². The van der Waals surface area contributed by atoms with Crippen LogP contribution in [0.5, 0.6) is 0 Å². The van der Waals surface area contributed by atoms with Gasteiger partial charge in [0.05, 0.1) is 6.04 Å². The summed E-state index contributed by atoms with van der Waals surface area (Å²) in [5.41, 5.74) is 1.47. The summed E-state index contributed by atoms with van der Waals surface area (Å²) >= 11 is 1.67. The maximum Gasteiger partial charge on any atom is 0.272 e. The Bertz CT molecular complexity index is 572. The molecular formula is C16H23N3OS. The first kappa shape index (κ1) is 15.8. The summed E-state index contributed by atoms with van der Waals surface area (Å²) in [4.78, 5) is 13.5. The number of thiophene rings is 1. The topological polar surface area (TPSA) is 57.8 Å². The molecule has 4 nitrogen and oxygen atoms in total. The predicted octanol–water partition coefficient (Wildman–Crippen LogP) is 3.80. The van der Waals surface area contributed by atoms with Gasteiger partial charge in [0.25, 0.3) is 5.91 Å². The fraction of sp³-hybridized carbons (Fsp3) is 0.500. The van der Waals surface area contributed by atoms with E-state index >= 15 is 0 Å².